The zero-order chi connectivity index (χ0) is 15.3. The SMILES string of the molecule is Cc1cc(C)c(S(=O)(=O)N(C)CCSCCN)c(C)c1. The normalized spacial score (nSPS) is 12.1. The van der Waals surface area contributed by atoms with Gasteiger partial charge >= 0.3 is 0 Å². The number of rotatable bonds is 7. The fourth-order valence-corrected chi connectivity index (χ4v) is 4.69. The Kier molecular flexibility index (Phi) is 6.51. The van der Waals surface area contributed by atoms with Crippen LogP contribution in [0.25, 0.3) is 0 Å². The van der Waals surface area contributed by atoms with Crippen molar-refractivity contribution in [2.75, 3.05) is 31.6 Å². The summed E-state index contributed by atoms with van der Waals surface area (Å²) in [5.41, 5.74) is 8.13. The molecule has 6 heteroatoms. The molecule has 0 bridgehead atoms. The third-order valence-electron chi connectivity index (χ3n) is 3.09. The van der Waals surface area contributed by atoms with Crippen LogP contribution in [0.4, 0.5) is 0 Å². The van der Waals surface area contributed by atoms with E-state index in [0.29, 0.717) is 18.0 Å². The fraction of sp³-hybridized carbons (Fsp3) is 0.571. The van der Waals surface area contributed by atoms with Crippen LogP contribution in [0.3, 0.4) is 0 Å². The van der Waals surface area contributed by atoms with Crippen molar-refractivity contribution in [3.63, 3.8) is 0 Å². The monoisotopic (exact) mass is 316 g/mol. The molecule has 0 unspecified atom stereocenters. The second-order valence-electron chi connectivity index (χ2n) is 4.96. The molecular formula is C14H24N2O2S2. The van der Waals surface area contributed by atoms with Gasteiger partial charge < -0.3 is 5.73 Å². The number of sulfonamides is 1. The van der Waals surface area contributed by atoms with E-state index in [2.05, 4.69) is 0 Å². The molecule has 4 nitrogen and oxygen atoms in total. The van der Waals surface area contributed by atoms with Gasteiger partial charge in [-0.2, -0.15) is 11.8 Å². The van der Waals surface area contributed by atoms with Gasteiger partial charge in [0.15, 0.2) is 0 Å². The van der Waals surface area contributed by atoms with Gasteiger partial charge in [-0.3, -0.25) is 0 Å². The van der Waals surface area contributed by atoms with Crippen LogP contribution in [0.1, 0.15) is 16.7 Å². The number of thioether (sulfide) groups is 1. The van der Waals surface area contributed by atoms with Crippen LogP contribution in [0.5, 0.6) is 0 Å². The Balaban J connectivity index is 2.93. The standard InChI is InChI=1S/C14H24N2O2S2/c1-11-9-12(2)14(13(3)10-11)20(17,18)16(4)6-8-19-7-5-15/h9-10H,5-8,15H2,1-4H3. The Bertz CT molecular complexity index is 533. The largest absolute Gasteiger partial charge is 0.330 e. The average Bonchev–Trinajstić information content (AvgIpc) is 2.32. The lowest BCUT2D eigenvalue weighted by molar-refractivity contribution is 0.487. The topological polar surface area (TPSA) is 63.4 Å². The molecule has 0 saturated heterocycles. The summed E-state index contributed by atoms with van der Waals surface area (Å²) in [7, 11) is -1.78. The van der Waals surface area contributed by atoms with Gasteiger partial charge in [-0.15, -0.1) is 0 Å². The second kappa shape index (κ2) is 7.45. The predicted octanol–water partition coefficient (Wildman–Crippen LogP) is 1.92. The number of hydrogen-bond donors (Lipinski definition) is 1. The molecule has 0 radical (unpaired) electrons. The van der Waals surface area contributed by atoms with Crippen molar-refractivity contribution in [3.05, 3.63) is 28.8 Å². The fourth-order valence-electron chi connectivity index (χ4n) is 2.23. The molecular weight excluding hydrogens is 292 g/mol. The van der Waals surface area contributed by atoms with Gasteiger partial charge in [0.1, 0.15) is 0 Å². The van der Waals surface area contributed by atoms with E-state index < -0.39 is 10.0 Å². The van der Waals surface area contributed by atoms with Crippen LogP contribution in [0.2, 0.25) is 0 Å². The molecule has 1 aromatic rings. The maximum absolute atomic E-state index is 12.6. The lowest BCUT2D eigenvalue weighted by atomic mass is 10.1. The van der Waals surface area contributed by atoms with E-state index >= 15 is 0 Å². The van der Waals surface area contributed by atoms with Gasteiger partial charge in [-0.25, -0.2) is 12.7 Å². The first-order valence-corrected chi connectivity index (χ1v) is 9.22. The highest BCUT2D eigenvalue weighted by molar-refractivity contribution is 7.99. The highest BCUT2D eigenvalue weighted by Gasteiger charge is 2.24. The first kappa shape index (κ1) is 17.5. The van der Waals surface area contributed by atoms with Crippen molar-refractivity contribution in [1.82, 2.24) is 4.31 Å². The summed E-state index contributed by atoms with van der Waals surface area (Å²) >= 11 is 1.67. The van der Waals surface area contributed by atoms with Crippen molar-refractivity contribution < 1.29 is 8.42 Å². The number of benzene rings is 1. The van der Waals surface area contributed by atoms with E-state index in [1.165, 1.54) is 4.31 Å². The lowest BCUT2D eigenvalue weighted by Gasteiger charge is -2.20. The summed E-state index contributed by atoms with van der Waals surface area (Å²) in [4.78, 5) is 0.439. The predicted molar refractivity (Wildman–Crippen MR) is 86.8 cm³/mol. The molecule has 0 heterocycles. The maximum Gasteiger partial charge on any atom is 0.243 e. The van der Waals surface area contributed by atoms with Gasteiger partial charge in [0, 0.05) is 31.6 Å². The maximum atomic E-state index is 12.6. The molecule has 0 aliphatic carbocycles. The molecule has 0 spiro atoms. The number of hydrogen-bond acceptors (Lipinski definition) is 4. The van der Waals surface area contributed by atoms with Gasteiger partial charge in [0.05, 0.1) is 4.90 Å². The molecule has 0 fully saturated rings. The van der Waals surface area contributed by atoms with Gasteiger partial charge in [-0.1, -0.05) is 17.7 Å². The lowest BCUT2D eigenvalue weighted by Crippen LogP contribution is -2.30. The number of aryl methyl sites for hydroxylation is 3. The van der Waals surface area contributed by atoms with Crippen molar-refractivity contribution in [2.24, 2.45) is 5.73 Å². The molecule has 0 atom stereocenters. The molecule has 2 N–H and O–H groups in total. The minimum Gasteiger partial charge on any atom is -0.330 e. The first-order chi connectivity index (χ1) is 9.30. The van der Waals surface area contributed by atoms with Crippen LogP contribution in [-0.2, 0) is 10.0 Å². The number of nitrogens with zero attached hydrogens (tertiary/aromatic N) is 1. The molecule has 0 aliphatic heterocycles. The summed E-state index contributed by atoms with van der Waals surface area (Å²) in [6.45, 7) is 6.80. The molecule has 0 aromatic heterocycles. The molecule has 1 rings (SSSR count). The zero-order valence-corrected chi connectivity index (χ0v) is 14.3. The second-order valence-corrected chi connectivity index (χ2v) is 8.16. The van der Waals surface area contributed by atoms with Crippen LogP contribution < -0.4 is 5.73 Å². The molecule has 0 aliphatic rings. The van der Waals surface area contributed by atoms with Crippen molar-refractivity contribution >= 4 is 21.8 Å². The smallest absolute Gasteiger partial charge is 0.243 e. The Morgan fingerprint density at radius 2 is 1.70 bits per heavy atom. The van der Waals surface area contributed by atoms with Crippen LogP contribution in [0, 0.1) is 20.8 Å². The molecule has 20 heavy (non-hydrogen) atoms. The third-order valence-corrected chi connectivity index (χ3v) is 6.24. The minimum atomic E-state index is -3.42. The molecule has 0 amide bonds. The molecule has 1 aromatic carbocycles. The Labute approximate surface area is 126 Å². The van der Waals surface area contributed by atoms with Crippen molar-refractivity contribution in [2.45, 2.75) is 25.7 Å². The van der Waals surface area contributed by atoms with E-state index in [1.807, 2.05) is 32.9 Å². The van der Waals surface area contributed by atoms with E-state index in [9.17, 15) is 8.42 Å². The van der Waals surface area contributed by atoms with Gasteiger partial charge in [-0.05, 0) is 31.9 Å². The van der Waals surface area contributed by atoms with Crippen molar-refractivity contribution in [3.8, 4) is 0 Å². The Morgan fingerprint density at radius 1 is 1.15 bits per heavy atom. The molecule has 0 saturated carbocycles. The van der Waals surface area contributed by atoms with Crippen LogP contribution in [0.15, 0.2) is 17.0 Å². The van der Waals surface area contributed by atoms with Gasteiger partial charge in [0.2, 0.25) is 10.0 Å². The number of nitrogens with two attached hydrogens (primary N) is 1. The van der Waals surface area contributed by atoms with E-state index in [-0.39, 0.29) is 0 Å². The summed E-state index contributed by atoms with van der Waals surface area (Å²) < 4.78 is 26.7. The first-order valence-electron chi connectivity index (χ1n) is 6.62. The van der Waals surface area contributed by atoms with Crippen molar-refractivity contribution in [1.29, 1.82) is 0 Å². The van der Waals surface area contributed by atoms with Crippen LogP contribution in [-0.4, -0.2) is 44.4 Å². The van der Waals surface area contributed by atoms with E-state index in [4.69, 9.17) is 5.73 Å². The van der Waals surface area contributed by atoms with Gasteiger partial charge in [0.25, 0.3) is 0 Å². The molecule has 114 valence electrons. The summed E-state index contributed by atoms with van der Waals surface area (Å²) in [5, 5.41) is 0. The summed E-state index contributed by atoms with van der Waals surface area (Å²) in [6.07, 6.45) is 0. The third kappa shape index (κ3) is 4.22. The highest BCUT2D eigenvalue weighted by atomic mass is 32.2. The minimum absolute atomic E-state index is 0.439. The Hall–Kier alpha value is -0.560. The van der Waals surface area contributed by atoms with E-state index in [0.717, 1.165) is 28.2 Å². The average molecular weight is 316 g/mol. The zero-order valence-electron chi connectivity index (χ0n) is 12.6. The highest BCUT2D eigenvalue weighted by Crippen LogP contribution is 2.24. The van der Waals surface area contributed by atoms with E-state index in [1.54, 1.807) is 18.8 Å². The quantitative estimate of drug-likeness (QED) is 0.781. The van der Waals surface area contributed by atoms with Crippen LogP contribution >= 0.6 is 11.8 Å². The Morgan fingerprint density at radius 3 is 2.20 bits per heavy atom. The summed E-state index contributed by atoms with van der Waals surface area (Å²) in [6, 6.07) is 3.83. The summed E-state index contributed by atoms with van der Waals surface area (Å²) in [5.74, 6) is 1.62.